The maximum Gasteiger partial charge on any atom is 0.0745 e. The molecule has 3 nitrogen and oxygen atoms in total. The van der Waals surface area contributed by atoms with Gasteiger partial charge in [0.25, 0.3) is 0 Å². The van der Waals surface area contributed by atoms with E-state index in [0.29, 0.717) is 5.92 Å². The molecule has 0 heterocycles. The summed E-state index contributed by atoms with van der Waals surface area (Å²) in [5.41, 5.74) is -0.109. The van der Waals surface area contributed by atoms with Crippen LogP contribution in [-0.4, -0.2) is 47.5 Å². The molecule has 0 fully saturated rings. The van der Waals surface area contributed by atoms with Gasteiger partial charge in [-0.3, -0.25) is 0 Å². The van der Waals surface area contributed by atoms with Gasteiger partial charge in [0, 0.05) is 19.2 Å². The second kappa shape index (κ2) is 6.58. The first kappa shape index (κ1) is 15.9. The summed E-state index contributed by atoms with van der Waals surface area (Å²) in [7, 11) is 2.02. The third-order valence-corrected chi connectivity index (χ3v) is 3.07. The summed E-state index contributed by atoms with van der Waals surface area (Å²) in [6.07, 6.45) is 0.410. The van der Waals surface area contributed by atoms with Crippen LogP contribution in [0.1, 0.15) is 41.0 Å². The molecule has 1 unspecified atom stereocenters. The fraction of sp³-hybridized carbons (Fsp3) is 1.00. The zero-order valence-corrected chi connectivity index (χ0v) is 11.7. The van der Waals surface area contributed by atoms with Crippen LogP contribution in [0.4, 0.5) is 0 Å². The summed E-state index contributed by atoms with van der Waals surface area (Å²) >= 11 is 0. The first-order chi connectivity index (χ1) is 7.21. The van der Waals surface area contributed by atoms with Crippen LogP contribution in [0.3, 0.4) is 0 Å². The van der Waals surface area contributed by atoms with Gasteiger partial charge in [0.2, 0.25) is 0 Å². The van der Waals surface area contributed by atoms with Crippen LogP contribution in [0, 0.1) is 11.3 Å². The van der Waals surface area contributed by atoms with Crippen LogP contribution in [0.25, 0.3) is 0 Å². The van der Waals surface area contributed by atoms with Crippen molar-refractivity contribution in [1.29, 1.82) is 0 Å². The van der Waals surface area contributed by atoms with E-state index in [0.717, 1.165) is 13.0 Å². The van der Waals surface area contributed by atoms with Gasteiger partial charge in [-0.05, 0) is 24.8 Å². The molecule has 2 atom stereocenters. The molecule has 0 aliphatic heterocycles. The second-order valence-corrected chi connectivity index (χ2v) is 6.10. The van der Waals surface area contributed by atoms with Crippen molar-refractivity contribution in [2.75, 3.05) is 20.2 Å². The van der Waals surface area contributed by atoms with Crippen LogP contribution in [0.2, 0.25) is 0 Å². The molecule has 2 N–H and O–H groups in total. The molecule has 98 valence electrons. The minimum atomic E-state index is -0.351. The Morgan fingerprint density at radius 3 is 2.00 bits per heavy atom. The molecule has 0 amide bonds. The molecule has 0 aromatic rings. The number of rotatable bonds is 6. The lowest BCUT2D eigenvalue weighted by molar-refractivity contribution is -0.0304. The van der Waals surface area contributed by atoms with E-state index in [-0.39, 0.29) is 24.2 Å². The number of hydrogen-bond donors (Lipinski definition) is 2. The van der Waals surface area contributed by atoms with Crippen molar-refractivity contribution >= 4 is 0 Å². The zero-order chi connectivity index (χ0) is 12.9. The van der Waals surface area contributed by atoms with Gasteiger partial charge < -0.3 is 15.1 Å². The second-order valence-electron chi connectivity index (χ2n) is 6.10. The summed E-state index contributed by atoms with van der Waals surface area (Å²) < 4.78 is 0. The van der Waals surface area contributed by atoms with Crippen molar-refractivity contribution in [1.82, 2.24) is 4.90 Å². The predicted octanol–water partition coefficient (Wildman–Crippen LogP) is 1.73. The van der Waals surface area contributed by atoms with E-state index in [1.807, 2.05) is 7.05 Å². The van der Waals surface area contributed by atoms with E-state index < -0.39 is 0 Å². The van der Waals surface area contributed by atoms with Crippen LogP contribution in [0.15, 0.2) is 0 Å². The van der Waals surface area contributed by atoms with Crippen LogP contribution in [0.5, 0.6) is 0 Å². The van der Waals surface area contributed by atoms with Crippen molar-refractivity contribution in [2.45, 2.75) is 53.2 Å². The number of likely N-dealkylation sites (N-methyl/N-ethyl adjacent to an activating group) is 1. The van der Waals surface area contributed by atoms with Gasteiger partial charge in [0.05, 0.1) is 6.10 Å². The molecule has 0 rings (SSSR count). The Hall–Kier alpha value is -0.120. The monoisotopic (exact) mass is 231 g/mol. The minimum absolute atomic E-state index is 0.109. The topological polar surface area (TPSA) is 43.7 Å². The van der Waals surface area contributed by atoms with Gasteiger partial charge in [0.15, 0.2) is 0 Å². The molecule has 0 saturated heterocycles. The summed E-state index contributed by atoms with van der Waals surface area (Å²) in [4.78, 5) is 2.16. The predicted molar refractivity (Wildman–Crippen MR) is 68.4 cm³/mol. The Kier molecular flexibility index (Phi) is 6.53. The van der Waals surface area contributed by atoms with Gasteiger partial charge >= 0.3 is 0 Å². The fourth-order valence-corrected chi connectivity index (χ4v) is 2.10. The first-order valence-electron chi connectivity index (χ1n) is 6.21. The van der Waals surface area contributed by atoms with E-state index in [4.69, 9.17) is 5.11 Å². The first-order valence-corrected chi connectivity index (χ1v) is 6.21. The smallest absolute Gasteiger partial charge is 0.0745 e. The standard InChI is InChI=1S/C13H29NO2/c1-10(2)11(12(16)13(3,4)5)14(6)8-7-9-15/h10-12,15-16H,7-9H2,1-6H3/t11-,12?/m0/s1. The summed E-state index contributed by atoms with van der Waals surface area (Å²) in [5, 5.41) is 19.2. The SMILES string of the molecule is CC(C)[C@@H](C(O)C(C)(C)C)N(C)CCCO. The van der Waals surface area contributed by atoms with Crippen LogP contribution < -0.4 is 0 Å². The molecule has 3 heteroatoms. The number of aliphatic hydroxyl groups excluding tert-OH is 2. The van der Waals surface area contributed by atoms with Crippen molar-refractivity contribution in [3.05, 3.63) is 0 Å². The van der Waals surface area contributed by atoms with Gasteiger partial charge in [-0.2, -0.15) is 0 Å². The largest absolute Gasteiger partial charge is 0.396 e. The minimum Gasteiger partial charge on any atom is -0.396 e. The molecule has 0 aliphatic rings. The highest BCUT2D eigenvalue weighted by Gasteiger charge is 2.34. The highest BCUT2D eigenvalue weighted by atomic mass is 16.3. The number of nitrogens with zero attached hydrogens (tertiary/aromatic N) is 1. The fourth-order valence-electron chi connectivity index (χ4n) is 2.10. The molecule has 0 saturated carbocycles. The third-order valence-electron chi connectivity index (χ3n) is 3.07. The van der Waals surface area contributed by atoms with Gasteiger partial charge in [-0.1, -0.05) is 34.6 Å². The van der Waals surface area contributed by atoms with Crippen molar-refractivity contribution in [3.8, 4) is 0 Å². The molecule has 0 radical (unpaired) electrons. The summed E-state index contributed by atoms with van der Waals surface area (Å²) in [6.45, 7) is 11.5. The van der Waals surface area contributed by atoms with Crippen LogP contribution in [-0.2, 0) is 0 Å². The number of hydrogen-bond acceptors (Lipinski definition) is 3. The van der Waals surface area contributed by atoms with Crippen LogP contribution >= 0.6 is 0 Å². The lowest BCUT2D eigenvalue weighted by Gasteiger charge is -2.40. The summed E-state index contributed by atoms with van der Waals surface area (Å²) in [5.74, 6) is 0.401. The lowest BCUT2D eigenvalue weighted by atomic mass is 9.80. The van der Waals surface area contributed by atoms with E-state index in [9.17, 15) is 5.11 Å². The summed E-state index contributed by atoms with van der Waals surface area (Å²) in [6, 6.07) is 0.145. The maximum absolute atomic E-state index is 10.4. The molecular weight excluding hydrogens is 202 g/mol. The van der Waals surface area contributed by atoms with E-state index in [1.165, 1.54) is 0 Å². The van der Waals surface area contributed by atoms with Gasteiger partial charge in [0.1, 0.15) is 0 Å². The van der Waals surface area contributed by atoms with E-state index >= 15 is 0 Å². The third kappa shape index (κ3) is 4.81. The average Bonchev–Trinajstić information content (AvgIpc) is 2.12. The van der Waals surface area contributed by atoms with Gasteiger partial charge in [-0.25, -0.2) is 0 Å². The Labute approximate surface area is 100 Å². The maximum atomic E-state index is 10.4. The van der Waals surface area contributed by atoms with E-state index in [1.54, 1.807) is 0 Å². The van der Waals surface area contributed by atoms with Gasteiger partial charge in [-0.15, -0.1) is 0 Å². The molecule has 0 spiro atoms. The highest BCUT2D eigenvalue weighted by molar-refractivity contribution is 4.87. The molecule has 0 aromatic carbocycles. The Morgan fingerprint density at radius 1 is 1.19 bits per heavy atom. The molecule has 0 aromatic heterocycles. The zero-order valence-electron chi connectivity index (χ0n) is 11.7. The highest BCUT2D eigenvalue weighted by Crippen LogP contribution is 2.27. The van der Waals surface area contributed by atoms with E-state index in [2.05, 4.69) is 39.5 Å². The average molecular weight is 231 g/mol. The lowest BCUT2D eigenvalue weighted by Crippen LogP contribution is -2.50. The molecule has 16 heavy (non-hydrogen) atoms. The van der Waals surface area contributed by atoms with Crippen molar-refractivity contribution < 1.29 is 10.2 Å². The van der Waals surface area contributed by atoms with Crippen molar-refractivity contribution in [2.24, 2.45) is 11.3 Å². The Balaban J connectivity index is 4.60. The molecular formula is C13H29NO2. The van der Waals surface area contributed by atoms with Crippen molar-refractivity contribution in [3.63, 3.8) is 0 Å². The number of aliphatic hydroxyl groups is 2. The Morgan fingerprint density at radius 2 is 1.69 bits per heavy atom. The normalized spacial score (nSPS) is 16.9. The molecule has 0 aliphatic carbocycles. The molecule has 0 bridgehead atoms. The Bertz CT molecular complexity index is 187. The quantitative estimate of drug-likeness (QED) is 0.732.